The molecule has 27 heavy (non-hydrogen) atoms. The number of hydrogen-bond acceptors (Lipinski definition) is 4. The molecule has 1 amide bonds. The van der Waals surface area contributed by atoms with E-state index in [0.717, 1.165) is 22.5 Å². The van der Waals surface area contributed by atoms with Crippen LogP contribution in [-0.2, 0) is 11.2 Å². The van der Waals surface area contributed by atoms with Crippen LogP contribution in [0.5, 0.6) is 0 Å². The molecular weight excluding hydrogens is 342 g/mol. The number of hydrogen-bond donors (Lipinski definition) is 0. The highest BCUT2D eigenvalue weighted by atomic mass is 16.5. The lowest BCUT2D eigenvalue weighted by atomic mass is 10.1. The fourth-order valence-electron chi connectivity index (χ4n) is 3.40. The van der Waals surface area contributed by atoms with Crippen molar-refractivity contribution in [2.24, 2.45) is 0 Å². The van der Waals surface area contributed by atoms with Crippen LogP contribution in [0.2, 0.25) is 0 Å². The van der Waals surface area contributed by atoms with E-state index in [0.29, 0.717) is 24.1 Å². The van der Waals surface area contributed by atoms with Crippen molar-refractivity contribution in [1.29, 1.82) is 0 Å². The van der Waals surface area contributed by atoms with E-state index in [2.05, 4.69) is 5.10 Å². The maximum Gasteiger partial charge on any atom is 0.337 e. The molecule has 4 rings (SSSR count). The highest BCUT2D eigenvalue weighted by molar-refractivity contribution is 6.07. The lowest BCUT2D eigenvalue weighted by Crippen LogP contribution is -2.28. The van der Waals surface area contributed by atoms with E-state index in [-0.39, 0.29) is 11.9 Å². The van der Waals surface area contributed by atoms with Crippen LogP contribution in [0.4, 0.5) is 5.69 Å². The van der Waals surface area contributed by atoms with E-state index in [1.165, 1.54) is 7.11 Å². The van der Waals surface area contributed by atoms with Gasteiger partial charge in [0.05, 0.1) is 30.1 Å². The Balaban J connectivity index is 1.61. The minimum Gasteiger partial charge on any atom is -0.465 e. The number of esters is 1. The molecule has 1 aliphatic heterocycles. The number of anilines is 1. The molecule has 0 saturated heterocycles. The normalized spacial score (nSPS) is 12.7. The first-order valence-electron chi connectivity index (χ1n) is 8.72. The van der Waals surface area contributed by atoms with Crippen LogP contribution in [0.1, 0.15) is 31.8 Å². The van der Waals surface area contributed by atoms with Crippen LogP contribution in [0.15, 0.2) is 54.9 Å². The third-order valence-corrected chi connectivity index (χ3v) is 4.83. The van der Waals surface area contributed by atoms with Crippen molar-refractivity contribution < 1.29 is 14.3 Å². The van der Waals surface area contributed by atoms with Crippen molar-refractivity contribution in [2.75, 3.05) is 18.6 Å². The first-order valence-corrected chi connectivity index (χ1v) is 8.72. The summed E-state index contributed by atoms with van der Waals surface area (Å²) in [6, 6.07) is 13.2. The van der Waals surface area contributed by atoms with Crippen molar-refractivity contribution in [3.05, 3.63) is 77.1 Å². The summed E-state index contributed by atoms with van der Waals surface area (Å²) in [6.07, 6.45) is 4.05. The van der Waals surface area contributed by atoms with Gasteiger partial charge in [0.15, 0.2) is 0 Å². The number of benzene rings is 2. The Morgan fingerprint density at radius 1 is 1.07 bits per heavy atom. The maximum atomic E-state index is 13.0. The van der Waals surface area contributed by atoms with Crippen molar-refractivity contribution in [1.82, 2.24) is 9.78 Å². The van der Waals surface area contributed by atoms with Crippen LogP contribution in [0.3, 0.4) is 0 Å². The highest BCUT2D eigenvalue weighted by Gasteiger charge is 2.27. The van der Waals surface area contributed by atoms with Crippen LogP contribution in [0.25, 0.3) is 5.69 Å². The molecule has 0 N–H and O–H groups in total. The second-order valence-electron chi connectivity index (χ2n) is 6.50. The molecule has 0 radical (unpaired) electrons. The molecule has 1 aromatic heterocycles. The Morgan fingerprint density at radius 3 is 2.67 bits per heavy atom. The third-order valence-electron chi connectivity index (χ3n) is 4.83. The van der Waals surface area contributed by atoms with E-state index in [1.54, 1.807) is 40.2 Å². The van der Waals surface area contributed by atoms with Crippen molar-refractivity contribution in [3.8, 4) is 5.69 Å². The molecule has 0 atom stereocenters. The summed E-state index contributed by atoms with van der Waals surface area (Å²) in [5.74, 6) is -0.471. The number of carbonyl (C=O) groups excluding carboxylic acids is 2. The van der Waals surface area contributed by atoms with Crippen LogP contribution < -0.4 is 4.90 Å². The fraction of sp³-hybridized carbons (Fsp3) is 0.190. The average Bonchev–Trinajstić information content (AvgIpc) is 3.34. The van der Waals surface area contributed by atoms with E-state index in [9.17, 15) is 9.59 Å². The number of carbonyl (C=O) groups is 2. The average molecular weight is 361 g/mol. The Hall–Kier alpha value is -3.41. The molecule has 0 unspecified atom stereocenters. The number of aryl methyl sites for hydroxylation is 1. The molecule has 0 spiro atoms. The number of ether oxygens (including phenoxy) is 1. The first-order chi connectivity index (χ1) is 13.1. The van der Waals surface area contributed by atoms with Gasteiger partial charge >= 0.3 is 5.97 Å². The topological polar surface area (TPSA) is 64.4 Å². The zero-order valence-corrected chi connectivity index (χ0v) is 15.2. The van der Waals surface area contributed by atoms with Gasteiger partial charge in [-0.3, -0.25) is 4.79 Å². The van der Waals surface area contributed by atoms with Crippen LogP contribution in [-0.4, -0.2) is 35.3 Å². The van der Waals surface area contributed by atoms with Gasteiger partial charge in [-0.15, -0.1) is 0 Å². The SMILES string of the molecule is COC(=O)c1ccc2c(c1)CCN2C(=O)c1cnn(-c2ccccc2C)c1. The predicted molar refractivity (Wildman–Crippen MR) is 101 cm³/mol. The molecule has 0 aliphatic carbocycles. The van der Waals surface area contributed by atoms with E-state index >= 15 is 0 Å². The van der Waals surface area contributed by atoms with E-state index in [1.807, 2.05) is 31.2 Å². The van der Waals surface area contributed by atoms with Gasteiger partial charge in [0.25, 0.3) is 5.91 Å². The van der Waals surface area contributed by atoms with Gasteiger partial charge in [0.2, 0.25) is 0 Å². The highest BCUT2D eigenvalue weighted by Crippen LogP contribution is 2.30. The smallest absolute Gasteiger partial charge is 0.337 e. The summed E-state index contributed by atoms with van der Waals surface area (Å²) in [6.45, 7) is 2.59. The van der Waals surface area contributed by atoms with Gasteiger partial charge in [-0.25, -0.2) is 9.48 Å². The zero-order valence-electron chi connectivity index (χ0n) is 15.2. The van der Waals surface area contributed by atoms with E-state index in [4.69, 9.17) is 4.74 Å². The Kier molecular flexibility index (Phi) is 4.24. The third kappa shape index (κ3) is 2.99. The van der Waals surface area contributed by atoms with Gasteiger partial charge in [0.1, 0.15) is 0 Å². The number of methoxy groups -OCH3 is 1. The fourth-order valence-corrected chi connectivity index (χ4v) is 3.40. The molecule has 6 heteroatoms. The largest absolute Gasteiger partial charge is 0.465 e. The molecule has 2 aromatic carbocycles. The minimum absolute atomic E-state index is 0.0978. The number of fused-ring (bicyclic) bond motifs is 1. The second-order valence-corrected chi connectivity index (χ2v) is 6.50. The van der Waals surface area contributed by atoms with Crippen molar-refractivity contribution >= 4 is 17.6 Å². The molecule has 136 valence electrons. The summed E-state index contributed by atoms with van der Waals surface area (Å²) in [5.41, 5.74) is 4.86. The van der Waals surface area contributed by atoms with Crippen LogP contribution in [0, 0.1) is 6.92 Å². The lowest BCUT2D eigenvalue weighted by Gasteiger charge is -2.16. The number of para-hydroxylation sites is 1. The lowest BCUT2D eigenvalue weighted by molar-refractivity contribution is 0.0600. The van der Waals surface area contributed by atoms with Gasteiger partial charge in [0, 0.05) is 18.4 Å². The molecular formula is C21H19N3O3. The molecule has 2 heterocycles. The Labute approximate surface area is 157 Å². The number of rotatable bonds is 3. The molecule has 6 nitrogen and oxygen atoms in total. The minimum atomic E-state index is -0.373. The van der Waals surface area contributed by atoms with Gasteiger partial charge < -0.3 is 9.64 Å². The molecule has 0 bridgehead atoms. The van der Waals surface area contributed by atoms with Gasteiger partial charge in [-0.2, -0.15) is 5.10 Å². The van der Waals surface area contributed by atoms with Crippen LogP contribution >= 0.6 is 0 Å². The summed E-state index contributed by atoms with van der Waals surface area (Å²) in [4.78, 5) is 26.4. The van der Waals surface area contributed by atoms with Gasteiger partial charge in [-0.1, -0.05) is 18.2 Å². The second kappa shape index (κ2) is 6.72. The predicted octanol–water partition coefficient (Wildman–Crippen LogP) is 3.17. The molecule has 0 saturated carbocycles. The number of nitrogens with zero attached hydrogens (tertiary/aromatic N) is 3. The van der Waals surface area contributed by atoms with Crippen molar-refractivity contribution in [3.63, 3.8) is 0 Å². The first kappa shape index (κ1) is 17.0. The summed E-state index contributed by atoms with van der Waals surface area (Å²) >= 11 is 0. The number of aromatic nitrogens is 2. The summed E-state index contributed by atoms with van der Waals surface area (Å²) in [5, 5.41) is 4.35. The molecule has 0 fully saturated rings. The summed E-state index contributed by atoms with van der Waals surface area (Å²) < 4.78 is 6.49. The van der Waals surface area contributed by atoms with Gasteiger partial charge in [-0.05, 0) is 48.7 Å². The maximum absolute atomic E-state index is 13.0. The Morgan fingerprint density at radius 2 is 1.89 bits per heavy atom. The zero-order chi connectivity index (χ0) is 19.0. The van der Waals surface area contributed by atoms with Crippen molar-refractivity contribution in [2.45, 2.75) is 13.3 Å². The van der Waals surface area contributed by atoms with E-state index < -0.39 is 0 Å². The summed E-state index contributed by atoms with van der Waals surface area (Å²) in [7, 11) is 1.36. The Bertz CT molecular complexity index is 1040. The molecule has 1 aliphatic rings. The quantitative estimate of drug-likeness (QED) is 0.672. The standard InChI is InChI=1S/C21H19N3O3/c1-14-5-3-4-6-18(14)24-13-17(12-22-24)20(25)23-10-9-15-11-16(21(26)27-2)7-8-19(15)23/h3-8,11-13H,9-10H2,1-2H3. The monoisotopic (exact) mass is 361 g/mol. The molecule has 3 aromatic rings. The number of amides is 1.